The van der Waals surface area contributed by atoms with Crippen LogP contribution in [0.15, 0.2) is 59.6 Å². The lowest BCUT2D eigenvalue weighted by Crippen LogP contribution is -2.14. The average Bonchev–Trinajstić information content (AvgIpc) is 2.83. The Labute approximate surface area is 219 Å². The Morgan fingerprint density at radius 1 is 0.639 bits per heavy atom. The second-order valence-electron chi connectivity index (χ2n) is 11.2. The molecule has 0 aliphatic rings. The second-order valence-corrected chi connectivity index (χ2v) is 11.2. The molecule has 1 atom stereocenters. The third-order valence-electron chi connectivity index (χ3n) is 6.94. The summed E-state index contributed by atoms with van der Waals surface area (Å²) in [6, 6.07) is 19.6. The predicted octanol–water partition coefficient (Wildman–Crippen LogP) is 9.89. The van der Waals surface area contributed by atoms with Crippen LogP contribution in [0, 0.1) is 0 Å². The van der Waals surface area contributed by atoms with Crippen LogP contribution < -0.4 is 5.32 Å². The highest BCUT2D eigenvalue weighted by atomic mass is 15.0. The second kappa shape index (κ2) is 11.9. The molecule has 1 N–H and O–H groups in total. The lowest BCUT2D eigenvalue weighted by atomic mass is 9.92. The van der Waals surface area contributed by atoms with Crippen molar-refractivity contribution in [1.29, 1.82) is 0 Å². The van der Waals surface area contributed by atoms with Gasteiger partial charge in [-0.1, -0.05) is 97.9 Å². The van der Waals surface area contributed by atoms with E-state index < -0.39 is 0 Å². The van der Waals surface area contributed by atoms with Crippen LogP contribution in [-0.2, 0) is 0 Å². The summed E-state index contributed by atoms with van der Waals surface area (Å²) in [5.41, 5.74) is 10.5. The summed E-state index contributed by atoms with van der Waals surface area (Å²) in [4.78, 5) is 10.2. The van der Waals surface area contributed by atoms with Gasteiger partial charge in [0.05, 0.1) is 28.8 Å². The highest BCUT2D eigenvalue weighted by Gasteiger charge is 2.18. The molecule has 0 aliphatic heterocycles. The number of hydrogen-bond acceptors (Lipinski definition) is 3. The Hall–Kier alpha value is -2.94. The molecule has 0 aliphatic carbocycles. The van der Waals surface area contributed by atoms with Gasteiger partial charge in [0.1, 0.15) is 0 Å². The van der Waals surface area contributed by atoms with E-state index in [4.69, 9.17) is 9.98 Å². The van der Waals surface area contributed by atoms with E-state index in [1.165, 1.54) is 27.9 Å². The molecule has 3 rings (SSSR count). The molecular weight excluding hydrogens is 438 g/mol. The molecule has 192 valence electrons. The fraction of sp³-hybridized carbons (Fsp3) is 0.455. The summed E-state index contributed by atoms with van der Waals surface area (Å²) in [7, 11) is 0. The minimum Gasteiger partial charge on any atom is -0.376 e. The maximum Gasteiger partial charge on any atom is 0.0846 e. The number of rotatable bonds is 9. The van der Waals surface area contributed by atoms with E-state index in [0.29, 0.717) is 23.7 Å². The van der Waals surface area contributed by atoms with E-state index in [0.717, 1.165) is 22.8 Å². The van der Waals surface area contributed by atoms with E-state index in [9.17, 15) is 0 Å². The SMILES string of the molecule is CC(=Nc1c(C(C)C)cccc1C(C)C)c1cccc([C@H](C)Nc2c(C(C)C)cccc2C(C)C)n1. The molecule has 0 spiro atoms. The third-order valence-corrected chi connectivity index (χ3v) is 6.94. The fourth-order valence-electron chi connectivity index (χ4n) is 4.77. The van der Waals surface area contributed by atoms with Crippen LogP contribution in [0.4, 0.5) is 11.4 Å². The number of aromatic nitrogens is 1. The first kappa shape index (κ1) is 27.6. The summed E-state index contributed by atoms with van der Waals surface area (Å²) in [6.07, 6.45) is 0. The first-order chi connectivity index (χ1) is 17.0. The van der Waals surface area contributed by atoms with Crippen LogP contribution in [0.1, 0.15) is 133 Å². The number of anilines is 1. The van der Waals surface area contributed by atoms with Crippen molar-refractivity contribution in [2.45, 2.75) is 99.0 Å². The Kier molecular flexibility index (Phi) is 9.11. The van der Waals surface area contributed by atoms with Crippen molar-refractivity contribution in [3.05, 3.63) is 88.2 Å². The van der Waals surface area contributed by atoms with Crippen LogP contribution in [-0.4, -0.2) is 10.7 Å². The molecule has 3 heteroatoms. The van der Waals surface area contributed by atoms with Gasteiger partial charge < -0.3 is 5.32 Å². The summed E-state index contributed by atoms with van der Waals surface area (Å²) >= 11 is 0. The molecule has 1 heterocycles. The summed E-state index contributed by atoms with van der Waals surface area (Å²) in [6.45, 7) is 22.3. The summed E-state index contributed by atoms with van der Waals surface area (Å²) in [5.74, 6) is 1.72. The topological polar surface area (TPSA) is 37.3 Å². The Balaban J connectivity index is 1.99. The molecule has 0 fully saturated rings. The zero-order chi connectivity index (χ0) is 26.6. The maximum atomic E-state index is 5.16. The standard InChI is InChI=1S/C33H45N3/c1-20(2)26-14-11-15-27(21(3)4)32(26)34-24(9)30-18-13-19-31(36-30)25(10)35-33-28(22(5)6)16-12-17-29(33)23(7)8/h11-24,34H,1-10H3/t24-/m0/s1. The number of nitrogens with one attached hydrogen (secondary N) is 1. The van der Waals surface area contributed by atoms with E-state index in [-0.39, 0.29) is 6.04 Å². The van der Waals surface area contributed by atoms with Crippen LogP contribution in [0.25, 0.3) is 0 Å². The first-order valence-corrected chi connectivity index (χ1v) is 13.6. The van der Waals surface area contributed by atoms with Crippen LogP contribution in [0.2, 0.25) is 0 Å². The van der Waals surface area contributed by atoms with Gasteiger partial charge in [-0.3, -0.25) is 4.99 Å². The molecule has 3 nitrogen and oxygen atoms in total. The fourth-order valence-corrected chi connectivity index (χ4v) is 4.77. The van der Waals surface area contributed by atoms with Gasteiger partial charge in [0.25, 0.3) is 0 Å². The van der Waals surface area contributed by atoms with Crippen LogP contribution in [0.5, 0.6) is 0 Å². The molecular formula is C33H45N3. The monoisotopic (exact) mass is 483 g/mol. The van der Waals surface area contributed by atoms with Gasteiger partial charge in [-0.2, -0.15) is 0 Å². The van der Waals surface area contributed by atoms with Crippen molar-refractivity contribution < 1.29 is 0 Å². The Bertz CT molecular complexity index is 1150. The molecule has 3 aromatic rings. The van der Waals surface area contributed by atoms with Crippen molar-refractivity contribution in [3.63, 3.8) is 0 Å². The van der Waals surface area contributed by atoms with E-state index in [1.807, 2.05) is 0 Å². The lowest BCUT2D eigenvalue weighted by molar-refractivity contribution is 0.796. The average molecular weight is 484 g/mol. The quantitative estimate of drug-likeness (QED) is 0.307. The van der Waals surface area contributed by atoms with Crippen LogP contribution >= 0.6 is 0 Å². The molecule has 36 heavy (non-hydrogen) atoms. The minimum atomic E-state index is 0.0734. The molecule has 0 bridgehead atoms. The molecule has 0 saturated heterocycles. The van der Waals surface area contributed by atoms with Gasteiger partial charge in [-0.25, -0.2) is 4.98 Å². The minimum absolute atomic E-state index is 0.0734. The van der Waals surface area contributed by atoms with Crippen molar-refractivity contribution in [2.24, 2.45) is 4.99 Å². The van der Waals surface area contributed by atoms with E-state index in [1.54, 1.807) is 0 Å². The number of hydrogen-bond donors (Lipinski definition) is 1. The number of benzene rings is 2. The largest absolute Gasteiger partial charge is 0.376 e. The lowest BCUT2D eigenvalue weighted by Gasteiger charge is -2.24. The summed E-state index contributed by atoms with van der Waals surface area (Å²) in [5, 5.41) is 3.82. The van der Waals surface area contributed by atoms with Crippen molar-refractivity contribution in [3.8, 4) is 0 Å². The number of aliphatic imine (C=N–C) groups is 1. The number of pyridine rings is 1. The van der Waals surface area contributed by atoms with Gasteiger partial charge in [0, 0.05) is 5.69 Å². The Morgan fingerprint density at radius 2 is 1.08 bits per heavy atom. The smallest absolute Gasteiger partial charge is 0.0846 e. The molecule has 0 radical (unpaired) electrons. The van der Waals surface area contributed by atoms with Crippen molar-refractivity contribution in [1.82, 2.24) is 4.98 Å². The van der Waals surface area contributed by atoms with E-state index in [2.05, 4.69) is 129 Å². The molecule has 1 aromatic heterocycles. The molecule has 0 amide bonds. The van der Waals surface area contributed by atoms with Crippen molar-refractivity contribution >= 4 is 17.1 Å². The zero-order valence-corrected chi connectivity index (χ0v) is 24.0. The third kappa shape index (κ3) is 6.24. The predicted molar refractivity (Wildman–Crippen MR) is 157 cm³/mol. The maximum absolute atomic E-state index is 5.16. The highest BCUT2D eigenvalue weighted by Crippen LogP contribution is 2.36. The van der Waals surface area contributed by atoms with Gasteiger partial charge in [0.15, 0.2) is 0 Å². The van der Waals surface area contributed by atoms with Gasteiger partial charge in [0.2, 0.25) is 0 Å². The first-order valence-electron chi connectivity index (χ1n) is 13.6. The Morgan fingerprint density at radius 3 is 1.56 bits per heavy atom. The summed E-state index contributed by atoms with van der Waals surface area (Å²) < 4.78 is 0. The van der Waals surface area contributed by atoms with E-state index >= 15 is 0 Å². The zero-order valence-electron chi connectivity index (χ0n) is 24.0. The van der Waals surface area contributed by atoms with Gasteiger partial charge in [-0.05, 0) is 71.9 Å². The van der Waals surface area contributed by atoms with Gasteiger partial charge in [-0.15, -0.1) is 0 Å². The molecule has 2 aromatic carbocycles. The number of nitrogens with zero attached hydrogens (tertiary/aromatic N) is 2. The molecule has 0 unspecified atom stereocenters. The van der Waals surface area contributed by atoms with Crippen molar-refractivity contribution in [2.75, 3.05) is 5.32 Å². The normalized spacial score (nSPS) is 13.2. The van der Waals surface area contributed by atoms with Crippen LogP contribution in [0.3, 0.4) is 0 Å². The number of para-hydroxylation sites is 2. The molecule has 0 saturated carbocycles. The van der Waals surface area contributed by atoms with Gasteiger partial charge >= 0.3 is 0 Å². The highest BCUT2D eigenvalue weighted by molar-refractivity contribution is 5.99.